The number of hydrogen-bond donors (Lipinski definition) is 1. The molecule has 0 saturated heterocycles. The van der Waals surface area contributed by atoms with Crippen LogP contribution in [-0.2, 0) is 0 Å². The average Bonchev–Trinajstić information content (AvgIpc) is 2.05. The van der Waals surface area contributed by atoms with E-state index in [2.05, 4.69) is 37.4 Å². The normalized spacial score (nSPS) is 21.3. The third-order valence-corrected chi connectivity index (χ3v) is 3.34. The van der Waals surface area contributed by atoms with E-state index in [9.17, 15) is 0 Å². The van der Waals surface area contributed by atoms with Crippen molar-refractivity contribution in [2.24, 2.45) is 0 Å². The Morgan fingerprint density at radius 3 is 3.17 bits per heavy atom. The largest absolute Gasteiger partial charge is 0.381 e. The number of hydrogen-bond acceptors (Lipinski definition) is 2. The monoisotopic (exact) mass is 179 g/mol. The van der Waals surface area contributed by atoms with Gasteiger partial charge in [0.2, 0.25) is 0 Å². The number of thioether (sulfide) groups is 1. The van der Waals surface area contributed by atoms with Gasteiger partial charge in [0.15, 0.2) is 0 Å². The molecule has 1 N–H and O–H groups in total. The van der Waals surface area contributed by atoms with Crippen LogP contribution in [0.15, 0.2) is 23.1 Å². The lowest BCUT2D eigenvalue weighted by atomic mass is 10.2. The van der Waals surface area contributed by atoms with Crippen molar-refractivity contribution in [3.8, 4) is 0 Å². The molecule has 0 bridgehead atoms. The maximum Gasteiger partial charge on any atom is 0.0480 e. The summed E-state index contributed by atoms with van der Waals surface area (Å²) in [6.45, 7) is 4.36. The molecule has 0 spiro atoms. The third-order valence-electron chi connectivity index (χ3n) is 2.03. The summed E-state index contributed by atoms with van der Waals surface area (Å²) in [6.07, 6.45) is 0. The molecule has 1 aromatic carbocycles. The van der Waals surface area contributed by atoms with Crippen LogP contribution in [0, 0.1) is 6.92 Å². The summed E-state index contributed by atoms with van der Waals surface area (Å²) in [5, 5.41) is 3.47. The van der Waals surface area contributed by atoms with Crippen molar-refractivity contribution >= 4 is 17.4 Å². The molecule has 0 radical (unpaired) electrons. The zero-order valence-electron chi connectivity index (χ0n) is 7.42. The standard InChI is InChI=1S/C10H13NS/c1-7-3-4-9-10(5-7)12-6-8(2)11-9/h3-5,8,11H,6H2,1-2H3. The number of nitrogens with one attached hydrogen (secondary N) is 1. The van der Waals surface area contributed by atoms with Gasteiger partial charge in [0, 0.05) is 22.4 Å². The fraction of sp³-hybridized carbons (Fsp3) is 0.400. The Morgan fingerprint density at radius 1 is 1.50 bits per heavy atom. The van der Waals surface area contributed by atoms with Gasteiger partial charge in [-0.25, -0.2) is 0 Å². The second-order valence-electron chi connectivity index (χ2n) is 3.36. The maximum atomic E-state index is 3.47. The molecule has 2 heteroatoms. The fourth-order valence-electron chi connectivity index (χ4n) is 1.39. The molecule has 1 atom stereocenters. The van der Waals surface area contributed by atoms with Crippen molar-refractivity contribution in [3.63, 3.8) is 0 Å². The predicted octanol–water partition coefficient (Wildman–Crippen LogP) is 2.90. The number of fused-ring (bicyclic) bond motifs is 1. The van der Waals surface area contributed by atoms with Crippen molar-refractivity contribution in [1.29, 1.82) is 0 Å². The Labute approximate surface area is 77.6 Å². The summed E-state index contributed by atoms with van der Waals surface area (Å²) in [5.74, 6) is 1.18. The zero-order valence-corrected chi connectivity index (χ0v) is 8.24. The summed E-state index contributed by atoms with van der Waals surface area (Å²) in [6, 6.07) is 7.18. The van der Waals surface area contributed by atoms with Crippen LogP contribution in [-0.4, -0.2) is 11.8 Å². The molecular weight excluding hydrogens is 166 g/mol. The van der Waals surface area contributed by atoms with Gasteiger partial charge in [-0.1, -0.05) is 6.07 Å². The highest BCUT2D eigenvalue weighted by molar-refractivity contribution is 7.99. The predicted molar refractivity (Wildman–Crippen MR) is 55.0 cm³/mol. The molecule has 0 fully saturated rings. The fourth-order valence-corrected chi connectivity index (χ4v) is 2.45. The molecule has 0 aromatic heterocycles. The highest BCUT2D eigenvalue weighted by Gasteiger charge is 2.13. The Kier molecular flexibility index (Phi) is 2.01. The van der Waals surface area contributed by atoms with Gasteiger partial charge in [-0.2, -0.15) is 0 Å². The summed E-state index contributed by atoms with van der Waals surface area (Å²) in [4.78, 5) is 1.40. The minimum atomic E-state index is 0.602. The molecule has 1 aromatic rings. The van der Waals surface area contributed by atoms with Gasteiger partial charge < -0.3 is 5.32 Å². The minimum Gasteiger partial charge on any atom is -0.381 e. The lowest BCUT2D eigenvalue weighted by Crippen LogP contribution is -2.21. The second kappa shape index (κ2) is 3.02. The molecule has 64 valence electrons. The first-order valence-electron chi connectivity index (χ1n) is 4.26. The van der Waals surface area contributed by atoms with Gasteiger partial charge >= 0.3 is 0 Å². The van der Waals surface area contributed by atoms with Crippen LogP contribution in [0.4, 0.5) is 5.69 Å². The Morgan fingerprint density at radius 2 is 2.33 bits per heavy atom. The van der Waals surface area contributed by atoms with Crippen molar-refractivity contribution in [2.75, 3.05) is 11.1 Å². The van der Waals surface area contributed by atoms with Crippen molar-refractivity contribution in [3.05, 3.63) is 23.8 Å². The van der Waals surface area contributed by atoms with Crippen LogP contribution in [0.3, 0.4) is 0 Å². The van der Waals surface area contributed by atoms with E-state index in [0.29, 0.717) is 6.04 Å². The van der Waals surface area contributed by atoms with Gasteiger partial charge in [-0.05, 0) is 31.5 Å². The van der Waals surface area contributed by atoms with E-state index in [1.54, 1.807) is 0 Å². The smallest absolute Gasteiger partial charge is 0.0480 e. The van der Waals surface area contributed by atoms with Crippen molar-refractivity contribution < 1.29 is 0 Å². The highest BCUT2D eigenvalue weighted by Crippen LogP contribution is 2.33. The van der Waals surface area contributed by atoms with E-state index in [4.69, 9.17) is 0 Å². The summed E-state index contributed by atoms with van der Waals surface area (Å²) in [5.41, 5.74) is 2.64. The Balaban J connectivity index is 2.37. The third kappa shape index (κ3) is 1.44. The number of benzene rings is 1. The Hall–Kier alpha value is -0.630. The van der Waals surface area contributed by atoms with E-state index < -0.39 is 0 Å². The van der Waals surface area contributed by atoms with E-state index in [1.807, 2.05) is 11.8 Å². The second-order valence-corrected chi connectivity index (χ2v) is 4.42. The first kappa shape index (κ1) is 7.99. The van der Waals surface area contributed by atoms with Crippen LogP contribution >= 0.6 is 11.8 Å². The molecular formula is C10H13NS. The number of anilines is 1. The van der Waals surface area contributed by atoms with Gasteiger partial charge in [-0.3, -0.25) is 0 Å². The lowest BCUT2D eigenvalue weighted by molar-refractivity contribution is 0.894. The average molecular weight is 179 g/mol. The topological polar surface area (TPSA) is 12.0 Å². The number of aryl methyl sites for hydroxylation is 1. The summed E-state index contributed by atoms with van der Waals surface area (Å²) < 4.78 is 0. The summed E-state index contributed by atoms with van der Waals surface area (Å²) in [7, 11) is 0. The van der Waals surface area contributed by atoms with Gasteiger partial charge in [0.25, 0.3) is 0 Å². The lowest BCUT2D eigenvalue weighted by Gasteiger charge is -2.23. The Bertz CT molecular complexity index is 296. The minimum absolute atomic E-state index is 0.602. The quantitative estimate of drug-likeness (QED) is 0.657. The van der Waals surface area contributed by atoms with E-state index in [0.717, 1.165) is 0 Å². The summed E-state index contributed by atoms with van der Waals surface area (Å²) >= 11 is 1.95. The first-order chi connectivity index (χ1) is 5.75. The van der Waals surface area contributed by atoms with E-state index >= 15 is 0 Å². The van der Waals surface area contributed by atoms with Crippen LogP contribution in [0.5, 0.6) is 0 Å². The molecule has 0 aliphatic carbocycles. The molecule has 1 aliphatic heterocycles. The molecule has 12 heavy (non-hydrogen) atoms. The molecule has 1 nitrogen and oxygen atoms in total. The van der Waals surface area contributed by atoms with E-state index in [1.165, 1.54) is 21.9 Å². The first-order valence-corrected chi connectivity index (χ1v) is 5.24. The molecule has 1 unspecified atom stereocenters. The van der Waals surface area contributed by atoms with Gasteiger partial charge in [-0.15, -0.1) is 11.8 Å². The zero-order chi connectivity index (χ0) is 8.55. The van der Waals surface area contributed by atoms with Gasteiger partial charge in [0.1, 0.15) is 0 Å². The van der Waals surface area contributed by atoms with Crippen LogP contribution in [0.25, 0.3) is 0 Å². The van der Waals surface area contributed by atoms with Crippen LogP contribution in [0.2, 0.25) is 0 Å². The molecule has 0 saturated carbocycles. The van der Waals surface area contributed by atoms with Crippen LogP contribution < -0.4 is 5.32 Å². The van der Waals surface area contributed by atoms with Crippen molar-refractivity contribution in [2.45, 2.75) is 24.8 Å². The maximum absolute atomic E-state index is 3.47. The van der Waals surface area contributed by atoms with Crippen LogP contribution in [0.1, 0.15) is 12.5 Å². The highest BCUT2D eigenvalue weighted by atomic mass is 32.2. The molecule has 1 aliphatic rings. The van der Waals surface area contributed by atoms with Crippen molar-refractivity contribution in [1.82, 2.24) is 0 Å². The SMILES string of the molecule is Cc1ccc2c(c1)SCC(C)N2. The molecule has 2 rings (SSSR count). The molecule has 1 heterocycles. The van der Waals surface area contributed by atoms with E-state index in [-0.39, 0.29) is 0 Å². The molecule has 0 amide bonds. The van der Waals surface area contributed by atoms with Gasteiger partial charge in [0.05, 0.1) is 0 Å². The number of rotatable bonds is 0.